The van der Waals surface area contributed by atoms with Crippen molar-refractivity contribution in [2.75, 3.05) is 4.90 Å². The van der Waals surface area contributed by atoms with Gasteiger partial charge in [-0.15, -0.1) is 0 Å². The van der Waals surface area contributed by atoms with Crippen LogP contribution in [0.1, 0.15) is 49.7 Å². The summed E-state index contributed by atoms with van der Waals surface area (Å²) in [4.78, 5) is 2.39. The highest BCUT2D eigenvalue weighted by molar-refractivity contribution is 5.90. The molecule has 0 aliphatic heterocycles. The summed E-state index contributed by atoms with van der Waals surface area (Å²) in [5.41, 5.74) is 14.9. The molecule has 1 heteroatoms. The zero-order chi connectivity index (χ0) is 34.2. The largest absolute Gasteiger partial charge is 0.310 e. The van der Waals surface area contributed by atoms with Gasteiger partial charge in [-0.25, -0.2) is 0 Å². The van der Waals surface area contributed by atoms with Crippen molar-refractivity contribution in [3.05, 3.63) is 175 Å². The number of nitrogens with zero attached hydrogens (tertiary/aromatic N) is 1. The van der Waals surface area contributed by atoms with E-state index < -0.39 is 0 Å². The Balaban J connectivity index is 0.975. The van der Waals surface area contributed by atoms with Crippen molar-refractivity contribution in [2.45, 2.75) is 43.9 Å². The second-order valence-electron chi connectivity index (χ2n) is 16.2. The Morgan fingerprint density at radius 2 is 1.06 bits per heavy atom. The molecule has 1 spiro atoms. The predicted octanol–water partition coefficient (Wildman–Crippen LogP) is 13.8. The number of anilines is 3. The molecule has 5 atom stereocenters. The highest BCUT2D eigenvalue weighted by atomic mass is 15.1. The average Bonchev–Trinajstić information content (AvgIpc) is 3.48. The Labute approximate surface area is 307 Å². The van der Waals surface area contributed by atoms with Crippen molar-refractivity contribution in [2.24, 2.45) is 23.7 Å². The van der Waals surface area contributed by atoms with E-state index in [2.05, 4.69) is 169 Å². The van der Waals surface area contributed by atoms with Gasteiger partial charge < -0.3 is 4.90 Å². The van der Waals surface area contributed by atoms with Crippen LogP contribution in [0.4, 0.5) is 17.1 Å². The quantitative estimate of drug-likeness (QED) is 0.176. The van der Waals surface area contributed by atoms with E-state index in [1.165, 1.54) is 82.7 Å². The first-order valence-corrected chi connectivity index (χ1v) is 19.5. The van der Waals surface area contributed by atoms with Crippen molar-refractivity contribution < 1.29 is 0 Å². The van der Waals surface area contributed by atoms with Crippen LogP contribution in [0.5, 0.6) is 0 Å². The lowest BCUT2D eigenvalue weighted by atomic mass is 9.47. The van der Waals surface area contributed by atoms with E-state index in [1.807, 2.05) is 0 Å². The molecule has 0 saturated heterocycles. The van der Waals surface area contributed by atoms with Gasteiger partial charge in [-0.1, -0.05) is 128 Å². The van der Waals surface area contributed by atoms with Gasteiger partial charge in [0.25, 0.3) is 0 Å². The lowest BCUT2D eigenvalue weighted by Gasteiger charge is -2.57. The first-order chi connectivity index (χ1) is 25.7. The fourth-order valence-corrected chi connectivity index (χ4v) is 11.3. The molecule has 11 rings (SSSR count). The molecule has 252 valence electrons. The van der Waals surface area contributed by atoms with E-state index in [9.17, 15) is 0 Å². The summed E-state index contributed by atoms with van der Waals surface area (Å²) in [5, 5.41) is 2.50. The van der Waals surface area contributed by atoms with Gasteiger partial charge in [-0.05, 0) is 154 Å². The molecule has 0 N–H and O–H groups in total. The number of benzene rings is 7. The second kappa shape index (κ2) is 11.8. The minimum absolute atomic E-state index is 0.199. The van der Waals surface area contributed by atoms with Crippen LogP contribution in [0.3, 0.4) is 0 Å². The summed E-state index contributed by atoms with van der Waals surface area (Å²) in [6.45, 7) is 0. The van der Waals surface area contributed by atoms with Gasteiger partial charge in [0, 0.05) is 22.5 Å². The van der Waals surface area contributed by atoms with E-state index in [0.29, 0.717) is 0 Å². The fourth-order valence-electron chi connectivity index (χ4n) is 11.3. The predicted molar refractivity (Wildman–Crippen MR) is 217 cm³/mol. The van der Waals surface area contributed by atoms with E-state index in [-0.39, 0.29) is 5.41 Å². The maximum Gasteiger partial charge on any atom is 0.0468 e. The van der Waals surface area contributed by atoms with Crippen molar-refractivity contribution in [3.8, 4) is 33.4 Å². The Kier molecular flexibility index (Phi) is 6.88. The molecule has 0 heterocycles. The summed E-state index contributed by atoms with van der Waals surface area (Å²) in [7, 11) is 0. The molecule has 3 saturated carbocycles. The summed E-state index contributed by atoms with van der Waals surface area (Å²) in [5.74, 6) is 3.58. The van der Waals surface area contributed by atoms with Gasteiger partial charge >= 0.3 is 0 Å². The molecular formula is C51H43N. The van der Waals surface area contributed by atoms with E-state index in [0.717, 1.165) is 40.7 Å². The fraction of sp³-hybridized carbons (Fsp3) is 0.216. The Morgan fingerprint density at radius 1 is 0.423 bits per heavy atom. The third kappa shape index (κ3) is 4.68. The zero-order valence-corrected chi connectivity index (χ0v) is 29.6. The van der Waals surface area contributed by atoms with Crippen molar-refractivity contribution in [3.63, 3.8) is 0 Å². The summed E-state index contributed by atoms with van der Waals surface area (Å²) in [6.07, 6.45) is 8.61. The number of hydrogen-bond donors (Lipinski definition) is 0. The molecule has 5 unspecified atom stereocenters. The van der Waals surface area contributed by atoms with Crippen LogP contribution in [0.15, 0.2) is 164 Å². The summed E-state index contributed by atoms with van der Waals surface area (Å²) < 4.78 is 0. The van der Waals surface area contributed by atoms with Gasteiger partial charge in [-0.2, -0.15) is 0 Å². The first kappa shape index (κ1) is 30.2. The molecule has 4 aliphatic carbocycles. The van der Waals surface area contributed by atoms with Crippen LogP contribution >= 0.6 is 0 Å². The lowest BCUT2D eigenvalue weighted by Crippen LogP contribution is -2.50. The van der Waals surface area contributed by atoms with Gasteiger partial charge in [-0.3, -0.25) is 0 Å². The van der Waals surface area contributed by atoms with E-state index >= 15 is 0 Å². The number of hydrogen-bond acceptors (Lipinski definition) is 1. The molecule has 7 aromatic rings. The highest BCUT2D eigenvalue weighted by Gasteiger charge is 2.57. The third-order valence-electron chi connectivity index (χ3n) is 13.6. The number of fused-ring (bicyclic) bond motifs is 9. The average molecular weight is 670 g/mol. The molecule has 4 aliphatic rings. The summed E-state index contributed by atoms with van der Waals surface area (Å²) >= 11 is 0. The minimum atomic E-state index is 0.199. The lowest BCUT2D eigenvalue weighted by molar-refractivity contribution is -0.0103. The minimum Gasteiger partial charge on any atom is -0.310 e. The topological polar surface area (TPSA) is 3.24 Å². The Hall–Kier alpha value is -5.40. The molecule has 0 aromatic heterocycles. The van der Waals surface area contributed by atoms with Crippen LogP contribution in [0.25, 0.3) is 44.2 Å². The molecule has 52 heavy (non-hydrogen) atoms. The number of rotatable bonds is 5. The van der Waals surface area contributed by atoms with Crippen LogP contribution in [-0.4, -0.2) is 0 Å². The standard InChI is InChI=1S/C51H43N/c1-2-8-35(9-3-1)37-16-22-44(23-17-37)52(46-26-20-36-10-4-5-11-39(36)31-46)45-24-18-38(19-25-45)40-21-27-50-48(32-40)47-12-6-7-13-49(47)51(50)33-41-15-14-34-28-42(41)30-43(51)29-34/h1-13,16-27,31-32,34,41-43H,14-15,28-30,33H2. The van der Waals surface area contributed by atoms with Crippen molar-refractivity contribution >= 4 is 27.8 Å². The Morgan fingerprint density at radius 3 is 1.87 bits per heavy atom. The molecule has 0 radical (unpaired) electrons. The van der Waals surface area contributed by atoms with Crippen LogP contribution in [0.2, 0.25) is 0 Å². The van der Waals surface area contributed by atoms with Crippen molar-refractivity contribution in [1.82, 2.24) is 0 Å². The van der Waals surface area contributed by atoms with Crippen LogP contribution < -0.4 is 4.90 Å². The maximum absolute atomic E-state index is 2.54. The molecule has 1 nitrogen and oxygen atoms in total. The normalized spacial score (nSPS) is 23.8. The van der Waals surface area contributed by atoms with Gasteiger partial charge in [0.2, 0.25) is 0 Å². The Bertz CT molecular complexity index is 2440. The van der Waals surface area contributed by atoms with Gasteiger partial charge in [0.05, 0.1) is 0 Å². The smallest absolute Gasteiger partial charge is 0.0468 e. The maximum atomic E-state index is 2.54. The highest BCUT2D eigenvalue weighted by Crippen LogP contribution is 2.66. The second-order valence-corrected chi connectivity index (χ2v) is 16.2. The first-order valence-electron chi connectivity index (χ1n) is 19.5. The summed E-state index contributed by atoms with van der Waals surface area (Å²) in [6, 6.07) is 61.3. The SMILES string of the molecule is c1ccc(-c2ccc(N(c3ccc(-c4ccc5c(c4)-c4ccccc4C54CC5CCC6CC5CC4C6)cc3)c3ccc4ccccc4c3)cc2)cc1. The van der Waals surface area contributed by atoms with Crippen molar-refractivity contribution in [1.29, 1.82) is 0 Å². The van der Waals surface area contributed by atoms with E-state index in [1.54, 1.807) is 11.1 Å². The third-order valence-corrected chi connectivity index (χ3v) is 13.6. The zero-order valence-electron chi connectivity index (χ0n) is 29.6. The molecule has 3 fully saturated rings. The van der Waals surface area contributed by atoms with Crippen LogP contribution in [-0.2, 0) is 5.41 Å². The van der Waals surface area contributed by atoms with Gasteiger partial charge in [0.1, 0.15) is 0 Å². The van der Waals surface area contributed by atoms with Gasteiger partial charge in [0.15, 0.2) is 0 Å². The molecular weight excluding hydrogens is 627 g/mol. The van der Waals surface area contributed by atoms with Crippen LogP contribution in [0, 0.1) is 23.7 Å². The molecule has 7 aromatic carbocycles. The molecule has 3 bridgehead atoms. The molecule has 0 amide bonds. The monoisotopic (exact) mass is 669 g/mol. The van der Waals surface area contributed by atoms with E-state index in [4.69, 9.17) is 0 Å².